The molecule has 0 aromatic carbocycles. The smallest absolute Gasteiger partial charge is 0.245 e. The first-order chi connectivity index (χ1) is 5.38. The van der Waals surface area contributed by atoms with Gasteiger partial charge in [-0.3, -0.25) is 4.79 Å². The molecule has 6 heteroatoms. The Morgan fingerprint density at radius 3 is 2.42 bits per heavy atom. The van der Waals surface area contributed by atoms with Gasteiger partial charge in [0.15, 0.2) is 6.23 Å². The third kappa shape index (κ3) is 4.83. The van der Waals surface area contributed by atoms with Gasteiger partial charge in [0.2, 0.25) is 9.70 Å². The molecule has 0 bridgehead atoms. The van der Waals surface area contributed by atoms with Crippen LogP contribution in [0.3, 0.4) is 0 Å². The molecule has 0 heterocycles. The fraction of sp³-hybridized carbons (Fsp3) is 0.500. The van der Waals surface area contributed by atoms with Crippen molar-refractivity contribution < 1.29 is 9.90 Å². The van der Waals surface area contributed by atoms with Crippen molar-refractivity contribution in [3.63, 3.8) is 0 Å². The van der Waals surface area contributed by atoms with Crippen LogP contribution < -0.4 is 5.32 Å². The fourth-order valence-electron chi connectivity index (χ4n) is 0.416. The Kier molecular flexibility index (Phi) is 4.94. The Labute approximate surface area is 85.3 Å². The van der Waals surface area contributed by atoms with E-state index in [1.807, 2.05) is 0 Å². The van der Waals surface area contributed by atoms with Crippen LogP contribution >= 0.6 is 34.8 Å². The normalized spacial score (nSPS) is 14.8. The number of amides is 1. The molecule has 3 nitrogen and oxygen atoms in total. The number of aliphatic hydroxyl groups excluding tert-OH is 1. The number of carbonyl (C=O) groups excluding carboxylic acids is 1. The molecule has 0 rings (SSSR count). The second-order valence-electron chi connectivity index (χ2n) is 1.95. The zero-order valence-corrected chi connectivity index (χ0v) is 8.49. The van der Waals surface area contributed by atoms with Gasteiger partial charge in [0.25, 0.3) is 0 Å². The Morgan fingerprint density at radius 1 is 1.58 bits per heavy atom. The summed E-state index contributed by atoms with van der Waals surface area (Å²) in [5.74, 6) is -0.517. The number of nitrogens with one attached hydrogen (secondary N) is 1. The second kappa shape index (κ2) is 4.92. The molecular weight excluding hydrogens is 224 g/mol. The lowest BCUT2D eigenvalue weighted by molar-refractivity contribution is -0.119. The Balaban J connectivity index is 4.01. The van der Waals surface area contributed by atoms with Crippen molar-refractivity contribution in [3.8, 4) is 0 Å². The molecule has 0 saturated heterocycles. The molecule has 70 valence electrons. The van der Waals surface area contributed by atoms with Crippen molar-refractivity contribution in [1.29, 1.82) is 0 Å². The van der Waals surface area contributed by atoms with Crippen molar-refractivity contribution >= 4 is 40.7 Å². The van der Waals surface area contributed by atoms with Gasteiger partial charge >= 0.3 is 0 Å². The third-order valence-corrected chi connectivity index (χ3v) is 1.53. The molecule has 1 amide bonds. The van der Waals surface area contributed by atoms with Crippen molar-refractivity contribution in [1.82, 2.24) is 5.32 Å². The number of allylic oxidation sites excluding steroid dienone is 1. The lowest BCUT2D eigenvalue weighted by Gasteiger charge is -2.18. The van der Waals surface area contributed by atoms with E-state index in [1.165, 1.54) is 12.2 Å². The van der Waals surface area contributed by atoms with Gasteiger partial charge in [0.05, 0.1) is 0 Å². The van der Waals surface area contributed by atoms with Crippen LogP contribution in [0.2, 0.25) is 0 Å². The minimum atomic E-state index is -1.91. The zero-order valence-electron chi connectivity index (χ0n) is 6.22. The van der Waals surface area contributed by atoms with Crippen molar-refractivity contribution in [3.05, 3.63) is 12.2 Å². The maximum atomic E-state index is 10.8. The highest BCUT2D eigenvalue weighted by Crippen LogP contribution is 2.28. The van der Waals surface area contributed by atoms with Crippen LogP contribution in [0.15, 0.2) is 12.2 Å². The van der Waals surface area contributed by atoms with Crippen LogP contribution in [0.4, 0.5) is 0 Å². The Morgan fingerprint density at radius 2 is 2.08 bits per heavy atom. The summed E-state index contributed by atoms with van der Waals surface area (Å²) in [5, 5.41) is 11.1. The maximum absolute atomic E-state index is 10.8. The number of alkyl halides is 3. The molecule has 12 heavy (non-hydrogen) atoms. The zero-order chi connectivity index (χ0) is 9.78. The third-order valence-electron chi connectivity index (χ3n) is 0.907. The molecule has 2 N–H and O–H groups in total. The summed E-state index contributed by atoms with van der Waals surface area (Å²) >= 11 is 15.8. The summed E-state index contributed by atoms with van der Waals surface area (Å²) in [7, 11) is 0. The molecule has 0 saturated carbocycles. The second-order valence-corrected chi connectivity index (χ2v) is 4.32. The van der Waals surface area contributed by atoms with E-state index in [4.69, 9.17) is 39.9 Å². The SMILES string of the molecule is CC=CC(=O)NC(O)C(Cl)(Cl)Cl. The molecule has 0 aliphatic carbocycles. The summed E-state index contributed by atoms with van der Waals surface area (Å²) < 4.78 is -1.91. The number of hydrogen-bond acceptors (Lipinski definition) is 2. The summed E-state index contributed by atoms with van der Waals surface area (Å²) in [6.45, 7) is 1.65. The molecule has 0 aliphatic heterocycles. The minimum absolute atomic E-state index is 0.517. The van der Waals surface area contributed by atoms with Crippen molar-refractivity contribution in [2.75, 3.05) is 0 Å². The Hall–Kier alpha value is 0.0400. The largest absolute Gasteiger partial charge is 0.369 e. The minimum Gasteiger partial charge on any atom is -0.369 e. The molecule has 0 fully saturated rings. The molecule has 0 aromatic heterocycles. The van der Waals surface area contributed by atoms with Gasteiger partial charge in [-0.15, -0.1) is 0 Å². The van der Waals surface area contributed by atoms with Gasteiger partial charge in [-0.05, 0) is 13.0 Å². The van der Waals surface area contributed by atoms with E-state index >= 15 is 0 Å². The topological polar surface area (TPSA) is 49.3 Å². The van der Waals surface area contributed by atoms with E-state index in [2.05, 4.69) is 5.32 Å². The number of carbonyl (C=O) groups is 1. The van der Waals surface area contributed by atoms with Gasteiger partial charge in [-0.1, -0.05) is 40.9 Å². The first kappa shape index (κ1) is 12.0. The highest BCUT2D eigenvalue weighted by molar-refractivity contribution is 6.68. The van der Waals surface area contributed by atoms with Crippen LogP contribution in [0, 0.1) is 0 Å². The molecular formula is C6H8Cl3NO2. The van der Waals surface area contributed by atoms with E-state index in [0.29, 0.717) is 0 Å². The average molecular weight is 232 g/mol. The predicted molar refractivity (Wildman–Crippen MR) is 49.3 cm³/mol. The van der Waals surface area contributed by atoms with Crippen LogP contribution in [0.1, 0.15) is 6.92 Å². The Bertz CT molecular complexity index is 188. The van der Waals surface area contributed by atoms with E-state index < -0.39 is 15.9 Å². The standard InChI is InChI=1S/C6H8Cl3NO2/c1-2-3-4(11)10-5(12)6(7,8)9/h2-3,5,12H,1H3,(H,10,11). The lowest BCUT2D eigenvalue weighted by atomic mass is 10.5. The average Bonchev–Trinajstić information content (AvgIpc) is 1.85. The van der Waals surface area contributed by atoms with Crippen LogP contribution in [-0.4, -0.2) is 21.0 Å². The van der Waals surface area contributed by atoms with E-state index in [0.717, 1.165) is 0 Å². The first-order valence-electron chi connectivity index (χ1n) is 3.06. The van der Waals surface area contributed by atoms with Gasteiger partial charge in [0, 0.05) is 0 Å². The monoisotopic (exact) mass is 231 g/mol. The first-order valence-corrected chi connectivity index (χ1v) is 4.19. The van der Waals surface area contributed by atoms with Gasteiger partial charge in [0.1, 0.15) is 0 Å². The number of halogens is 3. The van der Waals surface area contributed by atoms with Crippen LogP contribution in [0.5, 0.6) is 0 Å². The molecule has 1 unspecified atom stereocenters. The van der Waals surface area contributed by atoms with Crippen LogP contribution in [-0.2, 0) is 4.79 Å². The molecule has 0 aliphatic rings. The van der Waals surface area contributed by atoms with E-state index in [9.17, 15) is 4.79 Å². The molecule has 0 spiro atoms. The quantitative estimate of drug-likeness (QED) is 0.429. The van der Waals surface area contributed by atoms with Crippen molar-refractivity contribution in [2.24, 2.45) is 0 Å². The summed E-state index contributed by atoms with van der Waals surface area (Å²) in [5.41, 5.74) is 0. The summed E-state index contributed by atoms with van der Waals surface area (Å²) in [4.78, 5) is 10.8. The predicted octanol–water partition coefficient (Wildman–Crippen LogP) is 1.37. The number of rotatable bonds is 2. The lowest BCUT2D eigenvalue weighted by Crippen LogP contribution is -2.42. The van der Waals surface area contributed by atoms with Crippen molar-refractivity contribution in [2.45, 2.75) is 16.9 Å². The molecule has 1 atom stereocenters. The summed E-state index contributed by atoms with van der Waals surface area (Å²) in [6.07, 6.45) is 1.20. The highest BCUT2D eigenvalue weighted by Gasteiger charge is 2.31. The molecule has 0 radical (unpaired) electrons. The fourth-order valence-corrected chi connectivity index (χ4v) is 0.580. The number of hydrogen-bond donors (Lipinski definition) is 2. The highest BCUT2D eigenvalue weighted by atomic mass is 35.6. The van der Waals surface area contributed by atoms with E-state index in [-0.39, 0.29) is 0 Å². The van der Waals surface area contributed by atoms with Gasteiger partial charge < -0.3 is 10.4 Å². The van der Waals surface area contributed by atoms with E-state index in [1.54, 1.807) is 6.92 Å². The molecule has 0 aromatic rings. The van der Waals surface area contributed by atoms with Gasteiger partial charge in [-0.2, -0.15) is 0 Å². The summed E-state index contributed by atoms with van der Waals surface area (Å²) in [6, 6.07) is 0. The maximum Gasteiger partial charge on any atom is 0.245 e. The number of aliphatic hydroxyl groups is 1. The van der Waals surface area contributed by atoms with Crippen LogP contribution in [0.25, 0.3) is 0 Å². The van der Waals surface area contributed by atoms with Gasteiger partial charge in [-0.25, -0.2) is 0 Å².